The average molecular weight is 463 g/mol. The van der Waals surface area contributed by atoms with Crippen molar-refractivity contribution in [3.8, 4) is 11.1 Å². The summed E-state index contributed by atoms with van der Waals surface area (Å²) in [4.78, 5) is 23.5. The number of aromatic carboxylic acids is 1. The van der Waals surface area contributed by atoms with Gasteiger partial charge in [-0.15, -0.1) is 0 Å². The molecule has 0 saturated carbocycles. The molecular formula is C31H26O4. The fraction of sp³-hybridized carbons (Fsp3) is 0.161. The van der Waals surface area contributed by atoms with E-state index < -0.39 is 23.3 Å². The maximum atomic E-state index is 12.2. The van der Waals surface area contributed by atoms with Crippen molar-refractivity contribution in [1.82, 2.24) is 0 Å². The molecule has 0 aromatic heterocycles. The number of fused-ring (bicyclic) bond motifs is 2. The fourth-order valence-corrected chi connectivity index (χ4v) is 5.06. The quantitative estimate of drug-likeness (QED) is 0.345. The molecule has 0 bridgehead atoms. The van der Waals surface area contributed by atoms with Crippen molar-refractivity contribution in [2.75, 3.05) is 0 Å². The highest BCUT2D eigenvalue weighted by molar-refractivity contribution is 5.96. The Bertz CT molecular complexity index is 1520. The van der Waals surface area contributed by atoms with E-state index in [0.29, 0.717) is 0 Å². The Kier molecular flexibility index (Phi) is 5.32. The molecule has 4 aromatic carbocycles. The summed E-state index contributed by atoms with van der Waals surface area (Å²) in [6.45, 7) is 6.01. The molecule has 0 aliphatic heterocycles. The van der Waals surface area contributed by atoms with Gasteiger partial charge in [-0.2, -0.15) is 0 Å². The van der Waals surface area contributed by atoms with Gasteiger partial charge in [0.2, 0.25) is 0 Å². The van der Waals surface area contributed by atoms with Crippen molar-refractivity contribution >= 4 is 28.3 Å². The SMILES string of the molecule is Cc1ccc(C2=CC(C(=O)O)C(C)(C)c3ccc(-c4ccc5cc(C(=O)O)ccc5c4)cc32)cc1. The lowest BCUT2D eigenvalue weighted by Crippen LogP contribution is -2.36. The van der Waals surface area contributed by atoms with Crippen LogP contribution in [0.3, 0.4) is 0 Å². The topological polar surface area (TPSA) is 74.6 Å². The Morgan fingerprint density at radius 3 is 2.03 bits per heavy atom. The van der Waals surface area contributed by atoms with E-state index in [-0.39, 0.29) is 5.56 Å². The highest BCUT2D eigenvalue weighted by Crippen LogP contribution is 2.46. The molecule has 0 spiro atoms. The summed E-state index contributed by atoms with van der Waals surface area (Å²) in [5.74, 6) is -2.41. The van der Waals surface area contributed by atoms with Crippen molar-refractivity contribution in [1.29, 1.82) is 0 Å². The van der Waals surface area contributed by atoms with Crippen LogP contribution in [0.2, 0.25) is 0 Å². The van der Waals surface area contributed by atoms with Gasteiger partial charge in [-0.25, -0.2) is 4.79 Å². The number of carboxylic acids is 2. The summed E-state index contributed by atoms with van der Waals surface area (Å²) in [5, 5.41) is 21.1. The number of hydrogen-bond donors (Lipinski definition) is 2. The molecule has 4 aromatic rings. The first-order valence-corrected chi connectivity index (χ1v) is 11.6. The first kappa shape index (κ1) is 22.6. The van der Waals surface area contributed by atoms with Crippen LogP contribution in [0.1, 0.15) is 46.5 Å². The largest absolute Gasteiger partial charge is 0.481 e. The summed E-state index contributed by atoms with van der Waals surface area (Å²) in [6, 6.07) is 25.6. The van der Waals surface area contributed by atoms with E-state index in [1.807, 2.05) is 75.4 Å². The molecule has 5 rings (SSSR count). The Morgan fingerprint density at radius 1 is 0.743 bits per heavy atom. The third-order valence-electron chi connectivity index (χ3n) is 7.16. The highest BCUT2D eigenvalue weighted by atomic mass is 16.4. The van der Waals surface area contributed by atoms with Crippen LogP contribution in [0.25, 0.3) is 27.5 Å². The molecule has 0 fully saturated rings. The van der Waals surface area contributed by atoms with Gasteiger partial charge in [0.1, 0.15) is 0 Å². The summed E-state index contributed by atoms with van der Waals surface area (Å²) in [6.07, 6.45) is 1.90. The molecule has 0 heterocycles. The molecule has 2 N–H and O–H groups in total. The van der Waals surface area contributed by atoms with Crippen molar-refractivity contribution in [2.24, 2.45) is 5.92 Å². The zero-order valence-electron chi connectivity index (χ0n) is 19.9. The van der Waals surface area contributed by atoms with Gasteiger partial charge in [0, 0.05) is 5.41 Å². The Hall–Kier alpha value is -4.18. The van der Waals surface area contributed by atoms with E-state index in [2.05, 4.69) is 18.2 Å². The number of aliphatic carboxylic acids is 1. The number of rotatable bonds is 4. The van der Waals surface area contributed by atoms with Gasteiger partial charge in [0.05, 0.1) is 11.5 Å². The molecule has 1 atom stereocenters. The van der Waals surface area contributed by atoms with E-state index in [1.54, 1.807) is 12.1 Å². The highest BCUT2D eigenvalue weighted by Gasteiger charge is 2.40. The predicted molar refractivity (Wildman–Crippen MR) is 139 cm³/mol. The third kappa shape index (κ3) is 3.91. The summed E-state index contributed by atoms with van der Waals surface area (Å²) < 4.78 is 0. The number of carboxylic acid groups (broad SMARTS) is 2. The van der Waals surface area contributed by atoms with Crippen LogP contribution < -0.4 is 0 Å². The molecule has 1 aliphatic carbocycles. The maximum Gasteiger partial charge on any atom is 0.335 e. The number of hydrogen-bond acceptors (Lipinski definition) is 2. The second-order valence-corrected chi connectivity index (χ2v) is 9.83. The second-order valence-electron chi connectivity index (χ2n) is 9.83. The van der Waals surface area contributed by atoms with E-state index >= 15 is 0 Å². The van der Waals surface area contributed by atoms with Gasteiger partial charge in [-0.05, 0) is 75.4 Å². The molecule has 4 heteroatoms. The summed E-state index contributed by atoms with van der Waals surface area (Å²) in [5.41, 5.74) is 6.87. The van der Waals surface area contributed by atoms with E-state index in [9.17, 15) is 19.8 Å². The van der Waals surface area contributed by atoms with Gasteiger partial charge >= 0.3 is 11.9 Å². The van der Waals surface area contributed by atoms with Gasteiger partial charge in [-0.3, -0.25) is 4.79 Å². The van der Waals surface area contributed by atoms with Crippen molar-refractivity contribution < 1.29 is 19.8 Å². The third-order valence-corrected chi connectivity index (χ3v) is 7.16. The first-order chi connectivity index (χ1) is 16.6. The molecule has 1 unspecified atom stereocenters. The smallest absolute Gasteiger partial charge is 0.335 e. The fourth-order valence-electron chi connectivity index (χ4n) is 5.06. The second kappa shape index (κ2) is 8.24. The Morgan fingerprint density at radius 2 is 1.34 bits per heavy atom. The molecule has 0 amide bonds. The maximum absolute atomic E-state index is 12.2. The Balaban J connectivity index is 1.67. The van der Waals surface area contributed by atoms with Crippen LogP contribution in [0.15, 0.2) is 84.9 Å². The van der Waals surface area contributed by atoms with Gasteiger partial charge in [0.25, 0.3) is 0 Å². The van der Waals surface area contributed by atoms with Crippen LogP contribution in [0.5, 0.6) is 0 Å². The van der Waals surface area contributed by atoms with Crippen LogP contribution in [-0.4, -0.2) is 22.2 Å². The van der Waals surface area contributed by atoms with Crippen molar-refractivity contribution in [3.63, 3.8) is 0 Å². The van der Waals surface area contributed by atoms with Gasteiger partial charge in [-0.1, -0.05) is 80.1 Å². The normalized spacial score (nSPS) is 16.4. The average Bonchev–Trinajstić information content (AvgIpc) is 2.83. The van der Waals surface area contributed by atoms with Crippen LogP contribution >= 0.6 is 0 Å². The van der Waals surface area contributed by atoms with Crippen molar-refractivity contribution in [3.05, 3.63) is 113 Å². The lowest BCUT2D eigenvalue weighted by molar-refractivity contribution is -0.141. The van der Waals surface area contributed by atoms with E-state index in [1.165, 1.54) is 0 Å². The standard InChI is InChI=1S/C31H26O4/c1-18-4-6-19(7-5-18)25-17-28(30(34)35)31(2,3)27-13-12-23(16-26(25)27)21-8-9-22-15-24(29(32)33)11-10-20(22)14-21/h4-17,28H,1-3H3,(H,32,33)(H,34,35). The number of aryl methyl sites for hydroxylation is 1. The van der Waals surface area contributed by atoms with Crippen LogP contribution in [-0.2, 0) is 10.2 Å². The lowest BCUT2D eigenvalue weighted by atomic mass is 9.65. The summed E-state index contributed by atoms with van der Waals surface area (Å²) in [7, 11) is 0. The molecule has 4 nitrogen and oxygen atoms in total. The predicted octanol–water partition coefficient (Wildman–Crippen LogP) is 6.94. The molecule has 1 aliphatic rings. The minimum Gasteiger partial charge on any atom is -0.481 e. The van der Waals surface area contributed by atoms with E-state index in [0.717, 1.165) is 49.7 Å². The minimum absolute atomic E-state index is 0.266. The van der Waals surface area contributed by atoms with Crippen LogP contribution in [0, 0.1) is 12.8 Å². The number of benzene rings is 4. The zero-order valence-corrected chi connectivity index (χ0v) is 19.9. The van der Waals surface area contributed by atoms with Crippen LogP contribution in [0.4, 0.5) is 0 Å². The lowest BCUT2D eigenvalue weighted by Gasteiger charge is -2.37. The zero-order chi connectivity index (χ0) is 24.9. The monoisotopic (exact) mass is 462 g/mol. The van der Waals surface area contributed by atoms with Gasteiger partial charge < -0.3 is 10.2 Å². The first-order valence-electron chi connectivity index (χ1n) is 11.6. The molecule has 0 saturated heterocycles. The molecule has 0 radical (unpaired) electrons. The molecule has 35 heavy (non-hydrogen) atoms. The minimum atomic E-state index is -0.941. The van der Waals surface area contributed by atoms with Gasteiger partial charge in [0.15, 0.2) is 0 Å². The summed E-state index contributed by atoms with van der Waals surface area (Å²) >= 11 is 0. The molecular weight excluding hydrogens is 436 g/mol. The molecule has 174 valence electrons. The van der Waals surface area contributed by atoms with E-state index in [4.69, 9.17) is 0 Å². The van der Waals surface area contributed by atoms with Crippen molar-refractivity contribution in [2.45, 2.75) is 26.2 Å². The Labute approximate surface area is 204 Å². The number of carbonyl (C=O) groups is 2.